The number of ether oxygens (including phenoxy) is 2. The van der Waals surface area contributed by atoms with E-state index in [-0.39, 0.29) is 17.2 Å². The van der Waals surface area contributed by atoms with E-state index in [1.54, 1.807) is 0 Å². The van der Waals surface area contributed by atoms with Crippen molar-refractivity contribution in [1.29, 1.82) is 0 Å². The Hall–Kier alpha value is -1.43. The normalized spacial score (nSPS) is 12.7. The summed E-state index contributed by atoms with van der Waals surface area (Å²) in [4.78, 5) is 3.71. The summed E-state index contributed by atoms with van der Waals surface area (Å²) in [7, 11) is 2.60. The summed E-state index contributed by atoms with van der Waals surface area (Å²) in [5.74, 6) is 0.0526. The molecule has 0 bridgehead atoms. The van der Waals surface area contributed by atoms with Crippen LogP contribution in [0.3, 0.4) is 0 Å². The van der Waals surface area contributed by atoms with E-state index in [0.717, 1.165) is 0 Å². The highest BCUT2D eigenvalue weighted by atomic mass is 19.3. The number of aliphatic hydroxyl groups excluding tert-OH is 1. The minimum atomic E-state index is -2.92. The van der Waals surface area contributed by atoms with Crippen LogP contribution in [0, 0.1) is 0 Å². The molecule has 1 aromatic heterocycles. The lowest BCUT2D eigenvalue weighted by atomic mass is 10.1. The molecule has 1 N–H and O–H groups in total. The maximum absolute atomic E-state index is 12.4. The van der Waals surface area contributed by atoms with Gasteiger partial charge in [0.25, 0.3) is 6.43 Å². The fourth-order valence-corrected chi connectivity index (χ4v) is 1.18. The third-order valence-corrected chi connectivity index (χ3v) is 1.86. The van der Waals surface area contributed by atoms with E-state index >= 15 is 0 Å². The molecule has 1 atom stereocenters. The quantitative estimate of drug-likeness (QED) is 0.831. The van der Waals surface area contributed by atoms with Gasteiger partial charge in [-0.25, -0.2) is 13.8 Å². The Morgan fingerprint density at radius 3 is 2.47 bits per heavy atom. The first-order chi connectivity index (χ1) is 7.11. The van der Waals surface area contributed by atoms with Crippen molar-refractivity contribution >= 4 is 0 Å². The Morgan fingerprint density at radius 1 is 1.33 bits per heavy atom. The molecule has 0 amide bonds. The number of nitrogens with zero attached hydrogens (tertiary/aromatic N) is 1. The maximum atomic E-state index is 12.4. The zero-order chi connectivity index (χ0) is 11.4. The molecule has 0 fully saturated rings. The molecule has 4 nitrogen and oxygen atoms in total. The van der Waals surface area contributed by atoms with Gasteiger partial charge in [-0.3, -0.25) is 0 Å². The highest BCUT2D eigenvalue weighted by molar-refractivity contribution is 5.41. The second-order valence-electron chi connectivity index (χ2n) is 2.72. The summed E-state index contributed by atoms with van der Waals surface area (Å²) >= 11 is 0. The van der Waals surface area contributed by atoms with Gasteiger partial charge in [0.1, 0.15) is 11.9 Å². The zero-order valence-corrected chi connectivity index (χ0v) is 8.28. The van der Waals surface area contributed by atoms with Crippen LogP contribution in [0.5, 0.6) is 11.6 Å². The van der Waals surface area contributed by atoms with Crippen LogP contribution in [0.2, 0.25) is 0 Å². The molecular formula is C9H11F2NO3. The fourth-order valence-electron chi connectivity index (χ4n) is 1.18. The maximum Gasteiger partial charge on any atom is 0.268 e. The van der Waals surface area contributed by atoms with Gasteiger partial charge in [-0.1, -0.05) is 0 Å². The number of aliphatic hydroxyl groups is 1. The second kappa shape index (κ2) is 4.88. The number of rotatable bonds is 4. The number of halogens is 2. The number of pyridine rings is 1. The van der Waals surface area contributed by atoms with Crippen LogP contribution < -0.4 is 9.47 Å². The van der Waals surface area contributed by atoms with Gasteiger partial charge in [-0.15, -0.1) is 0 Å². The van der Waals surface area contributed by atoms with Crippen molar-refractivity contribution in [1.82, 2.24) is 4.98 Å². The molecule has 15 heavy (non-hydrogen) atoms. The first kappa shape index (κ1) is 11.6. The lowest BCUT2D eigenvalue weighted by Gasteiger charge is -2.16. The van der Waals surface area contributed by atoms with Crippen molar-refractivity contribution in [2.45, 2.75) is 12.5 Å². The number of alkyl halides is 2. The molecule has 0 aliphatic heterocycles. The highest BCUT2D eigenvalue weighted by Gasteiger charge is 2.27. The topological polar surface area (TPSA) is 51.6 Å². The molecule has 1 heterocycles. The van der Waals surface area contributed by atoms with E-state index in [9.17, 15) is 13.9 Å². The molecule has 6 heteroatoms. The first-order valence-electron chi connectivity index (χ1n) is 4.15. The molecule has 1 unspecified atom stereocenters. The van der Waals surface area contributed by atoms with Crippen LogP contribution in [0.25, 0.3) is 0 Å². The van der Waals surface area contributed by atoms with Gasteiger partial charge in [0, 0.05) is 6.20 Å². The lowest BCUT2D eigenvalue weighted by molar-refractivity contribution is -0.00857. The van der Waals surface area contributed by atoms with Crippen LogP contribution >= 0.6 is 0 Å². The molecule has 0 aliphatic carbocycles. The minimum Gasteiger partial charge on any atom is -0.496 e. The van der Waals surface area contributed by atoms with E-state index in [1.165, 1.54) is 26.5 Å². The second-order valence-corrected chi connectivity index (χ2v) is 2.72. The van der Waals surface area contributed by atoms with E-state index in [0.29, 0.717) is 0 Å². The van der Waals surface area contributed by atoms with E-state index in [4.69, 9.17) is 9.47 Å². The molecule has 0 radical (unpaired) electrons. The SMILES string of the molecule is COc1ccnc(OC)c1C(O)C(F)F. The van der Waals surface area contributed by atoms with Crippen molar-refractivity contribution in [2.75, 3.05) is 14.2 Å². The van der Waals surface area contributed by atoms with Crippen molar-refractivity contribution in [3.63, 3.8) is 0 Å². The van der Waals surface area contributed by atoms with Crippen molar-refractivity contribution in [3.8, 4) is 11.6 Å². The van der Waals surface area contributed by atoms with E-state index < -0.39 is 12.5 Å². The molecule has 1 rings (SSSR count). The highest BCUT2D eigenvalue weighted by Crippen LogP contribution is 2.34. The zero-order valence-electron chi connectivity index (χ0n) is 8.28. The molecule has 84 valence electrons. The monoisotopic (exact) mass is 219 g/mol. The van der Waals surface area contributed by atoms with Crippen molar-refractivity contribution in [3.05, 3.63) is 17.8 Å². The van der Waals surface area contributed by atoms with Crippen molar-refractivity contribution in [2.24, 2.45) is 0 Å². The molecule has 0 aliphatic rings. The Balaban J connectivity index is 3.21. The average molecular weight is 219 g/mol. The van der Waals surface area contributed by atoms with Crippen LogP contribution in [-0.2, 0) is 0 Å². The van der Waals surface area contributed by atoms with Gasteiger partial charge in [0.05, 0.1) is 19.8 Å². The van der Waals surface area contributed by atoms with Crippen LogP contribution in [0.15, 0.2) is 12.3 Å². The number of hydrogen-bond donors (Lipinski definition) is 1. The fraction of sp³-hybridized carbons (Fsp3) is 0.444. The molecule has 0 saturated heterocycles. The molecular weight excluding hydrogens is 208 g/mol. The largest absolute Gasteiger partial charge is 0.496 e. The molecule has 0 saturated carbocycles. The van der Waals surface area contributed by atoms with Gasteiger partial charge < -0.3 is 14.6 Å². The van der Waals surface area contributed by atoms with Gasteiger partial charge in [-0.05, 0) is 6.07 Å². The van der Waals surface area contributed by atoms with Crippen LogP contribution in [0.1, 0.15) is 11.7 Å². The molecule has 1 aromatic rings. The summed E-state index contributed by atoms with van der Waals surface area (Å²) in [6, 6.07) is 1.38. The summed E-state index contributed by atoms with van der Waals surface area (Å²) in [5.41, 5.74) is -0.141. The Bertz CT molecular complexity index is 311. The molecule has 0 aromatic carbocycles. The summed E-state index contributed by atoms with van der Waals surface area (Å²) in [6.45, 7) is 0. The Kier molecular flexibility index (Phi) is 3.79. The number of methoxy groups -OCH3 is 2. The van der Waals surface area contributed by atoms with Crippen molar-refractivity contribution < 1.29 is 23.4 Å². The lowest BCUT2D eigenvalue weighted by Crippen LogP contribution is -2.11. The average Bonchev–Trinajstić information content (AvgIpc) is 2.26. The number of hydrogen-bond acceptors (Lipinski definition) is 4. The van der Waals surface area contributed by atoms with Crippen LogP contribution in [0.4, 0.5) is 8.78 Å². The number of aromatic nitrogens is 1. The van der Waals surface area contributed by atoms with E-state index in [1.807, 2.05) is 0 Å². The predicted octanol–water partition coefficient (Wildman–Crippen LogP) is 1.40. The standard InChI is InChI=1S/C9H11F2NO3/c1-14-5-3-4-12-9(15-2)6(5)7(13)8(10)11/h3-4,7-8,13H,1-2H3. The summed E-state index contributed by atoms with van der Waals surface area (Å²) < 4.78 is 34.3. The summed E-state index contributed by atoms with van der Waals surface area (Å²) in [6.07, 6.45) is -3.54. The first-order valence-corrected chi connectivity index (χ1v) is 4.15. The van der Waals surface area contributed by atoms with Gasteiger partial charge in [0.15, 0.2) is 0 Å². The Morgan fingerprint density at radius 2 is 2.00 bits per heavy atom. The molecule has 0 spiro atoms. The smallest absolute Gasteiger partial charge is 0.268 e. The Labute approximate surface area is 85.5 Å². The van der Waals surface area contributed by atoms with Crippen LogP contribution in [-0.4, -0.2) is 30.7 Å². The van der Waals surface area contributed by atoms with Gasteiger partial charge in [0.2, 0.25) is 5.88 Å². The predicted molar refractivity (Wildman–Crippen MR) is 48.3 cm³/mol. The third kappa shape index (κ3) is 2.33. The third-order valence-electron chi connectivity index (χ3n) is 1.86. The summed E-state index contributed by atoms with van der Waals surface area (Å²) in [5, 5.41) is 9.27. The van der Waals surface area contributed by atoms with Gasteiger partial charge in [-0.2, -0.15) is 0 Å². The minimum absolute atomic E-state index is 0.0675. The van der Waals surface area contributed by atoms with Gasteiger partial charge >= 0.3 is 0 Å². The van der Waals surface area contributed by atoms with E-state index in [2.05, 4.69) is 4.98 Å².